The summed E-state index contributed by atoms with van der Waals surface area (Å²) in [6.07, 6.45) is 2.53. The summed E-state index contributed by atoms with van der Waals surface area (Å²) in [7, 11) is 1.68. The van der Waals surface area contributed by atoms with Crippen molar-refractivity contribution in [1.29, 1.82) is 0 Å². The van der Waals surface area contributed by atoms with Crippen LogP contribution in [0.25, 0.3) is 0 Å². The number of ether oxygens (including phenoxy) is 1. The second kappa shape index (κ2) is 4.98. The maximum Gasteiger partial charge on any atom is 0.120 e. The van der Waals surface area contributed by atoms with Crippen molar-refractivity contribution in [3.63, 3.8) is 0 Å². The van der Waals surface area contributed by atoms with Gasteiger partial charge >= 0.3 is 0 Å². The highest BCUT2D eigenvalue weighted by Crippen LogP contribution is 2.25. The van der Waals surface area contributed by atoms with Crippen molar-refractivity contribution in [2.75, 3.05) is 32.2 Å². The van der Waals surface area contributed by atoms with Crippen molar-refractivity contribution in [1.82, 2.24) is 4.90 Å². The molecule has 1 aromatic rings. The third-order valence-corrected chi connectivity index (χ3v) is 3.84. The molecule has 18 heavy (non-hydrogen) atoms. The molecule has 2 bridgehead atoms. The van der Waals surface area contributed by atoms with Crippen molar-refractivity contribution in [2.45, 2.75) is 12.8 Å². The molecule has 0 unspecified atom stereocenters. The second-order valence-corrected chi connectivity index (χ2v) is 5.00. The third kappa shape index (κ3) is 2.34. The maximum absolute atomic E-state index is 5.20. The number of piperidine rings is 3. The molecule has 3 aliphatic rings. The fraction of sp³-hybridized carbons (Fsp3) is 0.500. The number of hydrogen-bond donors (Lipinski definition) is 1. The smallest absolute Gasteiger partial charge is 0.120 e. The average Bonchev–Trinajstić information content (AvgIpc) is 2.46. The zero-order valence-corrected chi connectivity index (χ0v) is 10.7. The van der Waals surface area contributed by atoms with Crippen molar-refractivity contribution >= 4 is 11.4 Å². The standard InChI is InChI=1S/C14H19N3O/c1-18-13-4-2-3-12(9-13)15-16-14-10-17-7-5-11(14)6-8-17/h2-4,9,11,15H,5-8,10H2,1H3/b16-14-. The van der Waals surface area contributed by atoms with Crippen LogP contribution in [0, 0.1) is 5.92 Å². The molecule has 0 amide bonds. The van der Waals surface area contributed by atoms with Gasteiger partial charge in [0.05, 0.1) is 18.5 Å². The van der Waals surface area contributed by atoms with Crippen LogP contribution in [0.15, 0.2) is 29.4 Å². The first-order valence-corrected chi connectivity index (χ1v) is 6.54. The van der Waals surface area contributed by atoms with Crippen molar-refractivity contribution in [3.05, 3.63) is 24.3 Å². The monoisotopic (exact) mass is 245 g/mol. The van der Waals surface area contributed by atoms with Crippen molar-refractivity contribution in [2.24, 2.45) is 11.0 Å². The lowest BCUT2D eigenvalue weighted by Crippen LogP contribution is -2.48. The molecule has 0 aliphatic carbocycles. The summed E-state index contributed by atoms with van der Waals surface area (Å²) in [6, 6.07) is 7.88. The number of hydrogen-bond acceptors (Lipinski definition) is 4. The van der Waals surface area contributed by atoms with Gasteiger partial charge in [-0.05, 0) is 38.1 Å². The molecule has 96 valence electrons. The fourth-order valence-electron chi connectivity index (χ4n) is 2.74. The van der Waals surface area contributed by atoms with Crippen LogP contribution in [0.4, 0.5) is 5.69 Å². The largest absolute Gasteiger partial charge is 0.497 e. The van der Waals surface area contributed by atoms with E-state index in [0.717, 1.165) is 18.0 Å². The van der Waals surface area contributed by atoms with E-state index < -0.39 is 0 Å². The van der Waals surface area contributed by atoms with Crippen LogP contribution < -0.4 is 10.2 Å². The Labute approximate surface area is 108 Å². The molecule has 1 N–H and O–H groups in total. The fourth-order valence-corrected chi connectivity index (χ4v) is 2.74. The molecule has 3 saturated heterocycles. The summed E-state index contributed by atoms with van der Waals surface area (Å²) in [4.78, 5) is 2.48. The number of hydrazone groups is 1. The van der Waals surface area contributed by atoms with E-state index in [0.29, 0.717) is 5.92 Å². The van der Waals surface area contributed by atoms with Gasteiger partial charge in [0.15, 0.2) is 0 Å². The Bertz CT molecular complexity index is 450. The van der Waals surface area contributed by atoms with E-state index in [2.05, 4.69) is 15.4 Å². The minimum atomic E-state index is 0.688. The number of nitrogens with one attached hydrogen (secondary N) is 1. The van der Waals surface area contributed by atoms with E-state index >= 15 is 0 Å². The predicted octanol–water partition coefficient (Wildman–Crippen LogP) is 2.19. The van der Waals surface area contributed by atoms with Crippen LogP contribution in [0.5, 0.6) is 5.75 Å². The van der Waals surface area contributed by atoms with Gasteiger partial charge in [-0.2, -0.15) is 5.10 Å². The molecule has 1 aromatic carbocycles. The molecule has 4 heteroatoms. The zero-order valence-electron chi connectivity index (χ0n) is 10.7. The number of fused-ring (bicyclic) bond motifs is 3. The number of nitrogens with zero attached hydrogens (tertiary/aromatic N) is 2. The van der Waals surface area contributed by atoms with Crippen LogP contribution in [0.2, 0.25) is 0 Å². The van der Waals surface area contributed by atoms with Crippen LogP contribution in [0.1, 0.15) is 12.8 Å². The summed E-state index contributed by atoms with van der Waals surface area (Å²) in [6.45, 7) is 3.51. The summed E-state index contributed by atoms with van der Waals surface area (Å²) in [5.41, 5.74) is 5.44. The van der Waals surface area contributed by atoms with Gasteiger partial charge in [-0.15, -0.1) is 0 Å². The van der Waals surface area contributed by atoms with Crippen LogP contribution in [0.3, 0.4) is 0 Å². The first-order chi connectivity index (χ1) is 8.85. The first-order valence-electron chi connectivity index (χ1n) is 6.54. The lowest BCUT2D eigenvalue weighted by atomic mass is 9.87. The van der Waals surface area contributed by atoms with Crippen LogP contribution in [-0.2, 0) is 0 Å². The molecule has 4 nitrogen and oxygen atoms in total. The Morgan fingerprint density at radius 1 is 1.33 bits per heavy atom. The van der Waals surface area contributed by atoms with Crippen molar-refractivity contribution in [3.8, 4) is 5.75 Å². The SMILES string of the molecule is COc1cccc(N/N=C2/CN3CCC2CC3)c1. The quantitative estimate of drug-likeness (QED) is 0.829. The molecule has 0 spiro atoms. The number of benzene rings is 1. The molecule has 3 heterocycles. The molecular weight excluding hydrogens is 226 g/mol. The molecule has 0 aromatic heterocycles. The Kier molecular flexibility index (Phi) is 3.19. The summed E-state index contributed by atoms with van der Waals surface area (Å²) in [5.74, 6) is 1.54. The molecule has 0 atom stereocenters. The van der Waals surface area contributed by atoms with Crippen LogP contribution >= 0.6 is 0 Å². The third-order valence-electron chi connectivity index (χ3n) is 3.84. The van der Waals surface area contributed by atoms with Gasteiger partial charge in [0, 0.05) is 18.5 Å². The van der Waals surface area contributed by atoms with Gasteiger partial charge in [0.25, 0.3) is 0 Å². The van der Waals surface area contributed by atoms with E-state index in [1.807, 2.05) is 24.3 Å². The lowest BCUT2D eigenvalue weighted by Gasteiger charge is -2.39. The predicted molar refractivity (Wildman–Crippen MR) is 73.2 cm³/mol. The number of rotatable bonds is 3. The summed E-state index contributed by atoms with van der Waals surface area (Å²) in [5, 5.41) is 4.58. The molecule has 0 saturated carbocycles. The Morgan fingerprint density at radius 3 is 2.83 bits per heavy atom. The maximum atomic E-state index is 5.20. The highest BCUT2D eigenvalue weighted by molar-refractivity contribution is 5.90. The minimum absolute atomic E-state index is 0.688. The van der Waals surface area contributed by atoms with E-state index in [9.17, 15) is 0 Å². The van der Waals surface area contributed by atoms with Gasteiger partial charge in [-0.25, -0.2) is 0 Å². The highest BCUT2D eigenvalue weighted by Gasteiger charge is 2.30. The van der Waals surface area contributed by atoms with E-state index in [-0.39, 0.29) is 0 Å². The molecule has 0 radical (unpaired) electrons. The molecule has 3 fully saturated rings. The summed E-state index contributed by atoms with van der Waals surface area (Å²) < 4.78 is 5.20. The molecular formula is C14H19N3O. The Morgan fingerprint density at radius 2 is 2.17 bits per heavy atom. The highest BCUT2D eigenvalue weighted by atomic mass is 16.5. The Hall–Kier alpha value is -1.55. The van der Waals surface area contributed by atoms with Gasteiger partial charge in [-0.3, -0.25) is 10.3 Å². The van der Waals surface area contributed by atoms with Gasteiger partial charge in [-0.1, -0.05) is 6.07 Å². The summed E-state index contributed by atoms with van der Waals surface area (Å²) >= 11 is 0. The topological polar surface area (TPSA) is 36.9 Å². The van der Waals surface area contributed by atoms with E-state index in [1.165, 1.54) is 31.6 Å². The van der Waals surface area contributed by atoms with Crippen molar-refractivity contribution < 1.29 is 4.74 Å². The zero-order chi connectivity index (χ0) is 12.4. The molecule has 4 rings (SSSR count). The van der Waals surface area contributed by atoms with Crippen LogP contribution in [-0.4, -0.2) is 37.4 Å². The lowest BCUT2D eigenvalue weighted by molar-refractivity contribution is 0.200. The number of methoxy groups -OCH3 is 1. The molecule has 3 aliphatic heterocycles. The normalized spacial score (nSPS) is 28.4. The Balaban J connectivity index is 1.69. The van der Waals surface area contributed by atoms with Gasteiger partial charge < -0.3 is 4.74 Å². The minimum Gasteiger partial charge on any atom is -0.497 e. The number of anilines is 1. The second-order valence-electron chi connectivity index (χ2n) is 5.00. The van der Waals surface area contributed by atoms with Gasteiger partial charge in [0.2, 0.25) is 0 Å². The van der Waals surface area contributed by atoms with Gasteiger partial charge in [0.1, 0.15) is 5.75 Å². The van der Waals surface area contributed by atoms with E-state index in [1.54, 1.807) is 7.11 Å². The van der Waals surface area contributed by atoms with E-state index in [4.69, 9.17) is 4.74 Å². The first kappa shape index (κ1) is 11.5. The average molecular weight is 245 g/mol.